The summed E-state index contributed by atoms with van der Waals surface area (Å²) in [6.07, 6.45) is -9.72. The highest BCUT2D eigenvalue weighted by molar-refractivity contribution is 5.97. The number of carbonyl (C=O) groups is 1. The van der Waals surface area contributed by atoms with Crippen molar-refractivity contribution in [2.45, 2.75) is 24.9 Å². The summed E-state index contributed by atoms with van der Waals surface area (Å²) in [7, 11) is 0. The van der Waals surface area contributed by atoms with Gasteiger partial charge in [-0.2, -0.15) is 26.3 Å². The Kier molecular flexibility index (Phi) is 6.49. The van der Waals surface area contributed by atoms with Gasteiger partial charge < -0.3 is 15.2 Å². The standard InChI is InChI=1S/C18H14F6N2O5/c1-16(28,9-31-12-4-2-3-10(7-12)17(19,20)21)15(27)25-14-6-5-11(26(29)30)8-13(14)18(22,23)24/h2-8,28H,9H2,1H3,(H,25,27). The van der Waals surface area contributed by atoms with Gasteiger partial charge in [0.2, 0.25) is 0 Å². The maximum atomic E-state index is 13.2. The molecule has 0 fully saturated rings. The second-order valence-electron chi connectivity index (χ2n) is 6.53. The van der Waals surface area contributed by atoms with Crippen molar-refractivity contribution < 1.29 is 45.9 Å². The molecule has 0 spiro atoms. The minimum atomic E-state index is -5.06. The van der Waals surface area contributed by atoms with Crippen molar-refractivity contribution in [3.8, 4) is 5.75 Å². The molecule has 1 atom stereocenters. The topological polar surface area (TPSA) is 102 Å². The van der Waals surface area contributed by atoms with Gasteiger partial charge in [0.1, 0.15) is 12.4 Å². The number of ether oxygens (including phenoxy) is 1. The normalized spacial score (nSPS) is 13.9. The summed E-state index contributed by atoms with van der Waals surface area (Å²) < 4.78 is 82.7. The van der Waals surface area contributed by atoms with E-state index in [9.17, 15) is 46.4 Å². The average Bonchev–Trinajstić information content (AvgIpc) is 2.65. The zero-order valence-corrected chi connectivity index (χ0v) is 15.5. The van der Waals surface area contributed by atoms with Gasteiger partial charge in [-0.1, -0.05) is 6.07 Å². The third kappa shape index (κ3) is 6.07. The number of benzene rings is 2. The molecule has 13 heteroatoms. The van der Waals surface area contributed by atoms with Gasteiger partial charge in [0.25, 0.3) is 11.6 Å². The van der Waals surface area contributed by atoms with Gasteiger partial charge in [-0.3, -0.25) is 14.9 Å². The molecule has 2 aromatic carbocycles. The molecule has 2 rings (SSSR count). The quantitative estimate of drug-likeness (QED) is 0.384. The van der Waals surface area contributed by atoms with Gasteiger partial charge in [0, 0.05) is 12.1 Å². The maximum Gasteiger partial charge on any atom is 0.418 e. The molecule has 0 heterocycles. The Hall–Kier alpha value is -3.35. The lowest BCUT2D eigenvalue weighted by Gasteiger charge is -2.24. The molecule has 31 heavy (non-hydrogen) atoms. The zero-order valence-electron chi connectivity index (χ0n) is 15.5. The summed E-state index contributed by atoms with van der Waals surface area (Å²) in [5.74, 6) is -1.71. The number of carbonyl (C=O) groups excluding carboxylic acids is 1. The lowest BCUT2D eigenvalue weighted by molar-refractivity contribution is -0.385. The van der Waals surface area contributed by atoms with Crippen LogP contribution in [0.4, 0.5) is 37.7 Å². The molecule has 2 N–H and O–H groups in total. The van der Waals surface area contributed by atoms with Crippen molar-refractivity contribution in [3.05, 3.63) is 63.7 Å². The molecule has 1 unspecified atom stereocenters. The van der Waals surface area contributed by atoms with Crippen LogP contribution in [0.1, 0.15) is 18.1 Å². The second-order valence-corrected chi connectivity index (χ2v) is 6.53. The minimum Gasteiger partial charge on any atom is -0.490 e. The Morgan fingerprint density at radius 2 is 1.74 bits per heavy atom. The molecule has 2 aromatic rings. The van der Waals surface area contributed by atoms with Gasteiger partial charge in [-0.05, 0) is 31.2 Å². The largest absolute Gasteiger partial charge is 0.490 e. The fraction of sp³-hybridized carbons (Fsp3) is 0.278. The van der Waals surface area contributed by atoms with Crippen LogP contribution in [0.15, 0.2) is 42.5 Å². The van der Waals surface area contributed by atoms with Crippen LogP contribution >= 0.6 is 0 Å². The van der Waals surface area contributed by atoms with E-state index in [4.69, 9.17) is 4.74 Å². The van der Waals surface area contributed by atoms with Crippen LogP contribution in [-0.2, 0) is 17.1 Å². The lowest BCUT2D eigenvalue weighted by Crippen LogP contribution is -2.45. The molecule has 0 radical (unpaired) electrons. The third-order valence-corrected chi connectivity index (χ3v) is 3.94. The fourth-order valence-electron chi connectivity index (χ4n) is 2.30. The number of anilines is 1. The third-order valence-electron chi connectivity index (χ3n) is 3.94. The van der Waals surface area contributed by atoms with Gasteiger partial charge in [-0.15, -0.1) is 0 Å². The lowest BCUT2D eigenvalue weighted by atomic mass is 10.1. The maximum absolute atomic E-state index is 13.2. The number of nitro benzene ring substituents is 1. The number of nitrogens with one attached hydrogen (secondary N) is 1. The van der Waals surface area contributed by atoms with Gasteiger partial charge in [0.05, 0.1) is 21.7 Å². The summed E-state index contributed by atoms with van der Waals surface area (Å²) in [5.41, 5.74) is -6.76. The van der Waals surface area contributed by atoms with Crippen molar-refractivity contribution in [2.24, 2.45) is 0 Å². The molecule has 7 nitrogen and oxygen atoms in total. The first kappa shape index (κ1) is 23.9. The number of alkyl halides is 6. The highest BCUT2D eigenvalue weighted by atomic mass is 19.4. The van der Waals surface area contributed by atoms with Gasteiger partial charge in [0.15, 0.2) is 5.60 Å². The first-order valence-corrected chi connectivity index (χ1v) is 8.31. The Morgan fingerprint density at radius 3 is 2.29 bits per heavy atom. The molecule has 0 aromatic heterocycles. The molecule has 0 aliphatic carbocycles. The van der Waals surface area contributed by atoms with Crippen LogP contribution in [0.25, 0.3) is 0 Å². The van der Waals surface area contributed by atoms with Crippen LogP contribution in [0.5, 0.6) is 5.75 Å². The van der Waals surface area contributed by atoms with E-state index >= 15 is 0 Å². The summed E-state index contributed by atoms with van der Waals surface area (Å²) in [6, 6.07) is 5.11. The van der Waals surface area contributed by atoms with E-state index in [0.717, 1.165) is 31.2 Å². The number of hydrogen-bond donors (Lipinski definition) is 2. The second kappa shape index (κ2) is 8.41. The number of aliphatic hydroxyl groups is 1. The van der Waals surface area contributed by atoms with E-state index in [1.165, 1.54) is 0 Å². The van der Waals surface area contributed by atoms with Crippen molar-refractivity contribution in [1.82, 2.24) is 0 Å². The van der Waals surface area contributed by atoms with Crippen molar-refractivity contribution in [2.75, 3.05) is 11.9 Å². The van der Waals surface area contributed by atoms with E-state index < -0.39 is 57.9 Å². The molecular weight excluding hydrogens is 438 g/mol. The Labute approximate surface area is 170 Å². The number of rotatable bonds is 6. The van der Waals surface area contributed by atoms with Crippen LogP contribution in [-0.4, -0.2) is 28.1 Å². The first-order valence-electron chi connectivity index (χ1n) is 8.31. The molecule has 0 saturated carbocycles. The highest BCUT2D eigenvalue weighted by Crippen LogP contribution is 2.37. The van der Waals surface area contributed by atoms with Crippen LogP contribution in [0, 0.1) is 10.1 Å². The van der Waals surface area contributed by atoms with Gasteiger partial charge in [-0.25, -0.2) is 0 Å². The average molecular weight is 452 g/mol. The first-order chi connectivity index (χ1) is 14.1. The van der Waals surface area contributed by atoms with Crippen LogP contribution in [0.3, 0.4) is 0 Å². The molecule has 0 aliphatic rings. The number of amides is 1. The minimum absolute atomic E-state index is 0.212. The summed E-state index contributed by atoms with van der Waals surface area (Å²) in [4.78, 5) is 21.9. The predicted octanol–water partition coefficient (Wildman–Crippen LogP) is 4.40. The van der Waals surface area contributed by atoms with E-state index in [-0.39, 0.29) is 11.8 Å². The predicted molar refractivity (Wildman–Crippen MR) is 94.3 cm³/mol. The zero-order chi connectivity index (χ0) is 23.6. The number of hydrogen-bond acceptors (Lipinski definition) is 5. The molecule has 0 bridgehead atoms. The number of halogens is 6. The van der Waals surface area contributed by atoms with E-state index in [1.54, 1.807) is 5.32 Å². The smallest absolute Gasteiger partial charge is 0.418 e. The van der Waals surface area contributed by atoms with Crippen molar-refractivity contribution in [3.63, 3.8) is 0 Å². The van der Waals surface area contributed by atoms with Crippen LogP contribution in [0.2, 0.25) is 0 Å². The van der Waals surface area contributed by atoms with Crippen molar-refractivity contribution >= 4 is 17.3 Å². The molecule has 0 aliphatic heterocycles. The van der Waals surface area contributed by atoms with E-state index in [2.05, 4.69) is 0 Å². The molecule has 0 saturated heterocycles. The Morgan fingerprint density at radius 1 is 1.10 bits per heavy atom. The number of nitro groups is 1. The summed E-state index contributed by atoms with van der Waals surface area (Å²) in [6.45, 7) is -0.0247. The van der Waals surface area contributed by atoms with Crippen LogP contribution < -0.4 is 10.1 Å². The number of nitrogens with zero attached hydrogens (tertiary/aromatic N) is 1. The van der Waals surface area contributed by atoms with E-state index in [0.29, 0.717) is 12.1 Å². The van der Waals surface area contributed by atoms with E-state index in [1.807, 2.05) is 0 Å². The Bertz CT molecular complexity index is 988. The fourth-order valence-corrected chi connectivity index (χ4v) is 2.30. The van der Waals surface area contributed by atoms with Gasteiger partial charge >= 0.3 is 12.4 Å². The molecule has 1 amide bonds. The molecule has 168 valence electrons. The number of non-ortho nitro benzene ring substituents is 1. The highest BCUT2D eigenvalue weighted by Gasteiger charge is 2.38. The summed E-state index contributed by atoms with van der Waals surface area (Å²) in [5, 5.41) is 22.7. The Balaban J connectivity index is 2.19. The summed E-state index contributed by atoms with van der Waals surface area (Å²) >= 11 is 0. The van der Waals surface area contributed by atoms with Crippen molar-refractivity contribution in [1.29, 1.82) is 0 Å². The SMILES string of the molecule is CC(O)(COc1cccc(C(F)(F)F)c1)C(=O)Nc1ccc([N+](=O)[O-])cc1C(F)(F)F. The monoisotopic (exact) mass is 452 g/mol. The molecular formula is C18H14F6N2O5.